The fourth-order valence-electron chi connectivity index (χ4n) is 12.5. The summed E-state index contributed by atoms with van der Waals surface area (Å²) >= 11 is 0. The van der Waals surface area contributed by atoms with Crippen LogP contribution in [0.3, 0.4) is 0 Å². The van der Waals surface area contributed by atoms with Crippen molar-refractivity contribution in [1.82, 2.24) is 14.8 Å². The quantitative estimate of drug-likeness (QED) is 0.247. The van der Waals surface area contributed by atoms with Crippen molar-refractivity contribution < 1.29 is 27.8 Å². The number of nitrogens with two attached hydrogens (primary N) is 2. The van der Waals surface area contributed by atoms with Gasteiger partial charge in [0.25, 0.3) is 15.2 Å². The Balaban J connectivity index is 1.49. The molecule has 4 aliphatic carbocycles. The van der Waals surface area contributed by atoms with Gasteiger partial charge in [-0.3, -0.25) is 4.79 Å². The first-order valence-electron chi connectivity index (χ1n) is 19.0. The van der Waals surface area contributed by atoms with Crippen LogP contribution in [0.4, 0.5) is 0 Å². The second-order valence-corrected chi connectivity index (χ2v) is 19.9. The van der Waals surface area contributed by atoms with Crippen molar-refractivity contribution in [3.05, 3.63) is 18.0 Å². The normalized spacial score (nSPS) is 42.2. The first-order valence-corrected chi connectivity index (χ1v) is 20.6. The molecule has 1 aromatic heterocycles. The Hall–Kier alpha value is -1.86. The van der Waals surface area contributed by atoms with E-state index in [1.165, 1.54) is 16.6 Å². The van der Waals surface area contributed by atoms with Gasteiger partial charge in [-0.25, -0.2) is 23.2 Å². The topological polar surface area (TPSA) is 173 Å². The molecule has 11 nitrogen and oxygen atoms in total. The standard InChI is InChI=1S/C38H63N5O6S/c1-10-37(39,11-2)20-49-30-27(43-32(41-22-42-43)50(40,46)47)18-38-21-48-19-34(30,7)28(38)13-12-25-26(38)14-15-36(9)29(31(44)45)33(6,24(5)23(3)4)16-17-35(25,36)8/h14,22-25,27-30H,10-13,15-21,39H2,1-9H3,(H,44,45)(H2,40,46,47)/t24-,25+,27-,28+,29-,30+,33-,34-,35-,36+,38+/m1/s1. The highest BCUT2D eigenvalue weighted by molar-refractivity contribution is 7.89. The molecule has 0 radical (unpaired) electrons. The van der Waals surface area contributed by atoms with Crippen molar-refractivity contribution in [3.8, 4) is 0 Å². The molecule has 1 aliphatic heterocycles. The average molecular weight is 718 g/mol. The van der Waals surface area contributed by atoms with Crippen molar-refractivity contribution >= 4 is 16.0 Å². The number of carboxylic acids is 1. The van der Waals surface area contributed by atoms with E-state index in [0.717, 1.165) is 38.5 Å². The molecule has 11 atom stereocenters. The molecule has 4 fully saturated rings. The summed E-state index contributed by atoms with van der Waals surface area (Å²) in [4.78, 5) is 17.6. The lowest BCUT2D eigenvalue weighted by atomic mass is 9.34. The van der Waals surface area contributed by atoms with Gasteiger partial charge in [0.1, 0.15) is 6.33 Å². The lowest BCUT2D eigenvalue weighted by molar-refractivity contribution is -0.253. The van der Waals surface area contributed by atoms with E-state index in [1.54, 1.807) is 0 Å². The lowest BCUT2D eigenvalue weighted by Gasteiger charge is -2.71. The van der Waals surface area contributed by atoms with Crippen molar-refractivity contribution in [3.63, 3.8) is 0 Å². The number of carbonyl (C=O) groups is 1. The minimum atomic E-state index is -4.18. The van der Waals surface area contributed by atoms with E-state index in [-0.39, 0.29) is 33.7 Å². The molecule has 50 heavy (non-hydrogen) atoms. The van der Waals surface area contributed by atoms with Gasteiger partial charge in [-0.15, -0.1) is 0 Å². The Morgan fingerprint density at radius 2 is 1.80 bits per heavy atom. The highest BCUT2D eigenvalue weighted by Crippen LogP contribution is 2.75. The molecule has 5 aliphatic rings. The van der Waals surface area contributed by atoms with Crippen LogP contribution in [0.15, 0.2) is 23.1 Å². The number of rotatable bonds is 10. The molecule has 0 amide bonds. The van der Waals surface area contributed by atoms with Crippen LogP contribution in [0.25, 0.3) is 0 Å². The number of sulfonamides is 1. The Kier molecular flexibility index (Phi) is 9.36. The van der Waals surface area contributed by atoms with E-state index in [2.05, 4.69) is 78.5 Å². The summed E-state index contributed by atoms with van der Waals surface area (Å²) in [7, 11) is -4.18. The fourth-order valence-corrected chi connectivity index (χ4v) is 13.1. The number of ether oxygens (including phenoxy) is 2. The van der Waals surface area contributed by atoms with E-state index in [4.69, 9.17) is 20.3 Å². The maximum absolute atomic E-state index is 13.5. The number of nitrogens with zero attached hydrogens (tertiary/aromatic N) is 3. The molecule has 282 valence electrons. The number of aromatic nitrogens is 3. The number of fused-ring (bicyclic) bond motifs is 3. The van der Waals surface area contributed by atoms with Gasteiger partial charge in [0.05, 0.1) is 37.9 Å². The van der Waals surface area contributed by atoms with Crippen molar-refractivity contribution in [2.24, 2.45) is 67.5 Å². The fraction of sp³-hybridized carbons (Fsp3) is 0.868. The SMILES string of the molecule is CCC(N)(CC)CO[C@H]1[C@H](n2ncnc2S(N)(=O)=O)C[C@@]23COC[C@]1(C)[C@@H]2CC[C@H]1C3=CC[C@@]2(C)[C@H](C(=O)O)[C@@](C)([C@H](C)C(C)C)CC[C@]12C. The molecule has 0 spiro atoms. The summed E-state index contributed by atoms with van der Waals surface area (Å²) in [5.41, 5.74) is 5.71. The van der Waals surface area contributed by atoms with Gasteiger partial charge in [-0.2, -0.15) is 5.10 Å². The zero-order valence-corrected chi connectivity index (χ0v) is 32.7. The average Bonchev–Trinajstić information content (AvgIpc) is 3.55. The Labute approximate surface area is 299 Å². The highest BCUT2D eigenvalue weighted by atomic mass is 32.2. The third-order valence-corrected chi connectivity index (χ3v) is 17.0. The molecular weight excluding hydrogens is 655 g/mol. The zero-order chi connectivity index (χ0) is 36.9. The third-order valence-electron chi connectivity index (χ3n) is 16.2. The van der Waals surface area contributed by atoms with E-state index in [9.17, 15) is 18.3 Å². The minimum absolute atomic E-state index is 0.174. The molecule has 12 heteroatoms. The van der Waals surface area contributed by atoms with Gasteiger partial charge in [0, 0.05) is 16.4 Å². The van der Waals surface area contributed by atoms with E-state index < -0.39 is 55.8 Å². The molecule has 3 saturated carbocycles. The number of carboxylic acid groups (broad SMARTS) is 1. The smallest absolute Gasteiger partial charge is 0.307 e. The van der Waals surface area contributed by atoms with E-state index in [1.807, 2.05) is 0 Å². The second kappa shape index (κ2) is 12.4. The van der Waals surface area contributed by atoms with Crippen LogP contribution < -0.4 is 10.9 Å². The first kappa shape index (κ1) is 37.9. The van der Waals surface area contributed by atoms with Gasteiger partial charge in [0.2, 0.25) is 0 Å². The summed E-state index contributed by atoms with van der Waals surface area (Å²) < 4.78 is 40.8. The number of hydrogen-bond acceptors (Lipinski definition) is 8. The molecule has 1 aromatic rings. The maximum Gasteiger partial charge on any atom is 0.307 e. The summed E-state index contributed by atoms with van der Waals surface area (Å²) in [6.07, 6.45) is 9.68. The molecule has 2 bridgehead atoms. The van der Waals surface area contributed by atoms with Gasteiger partial charge >= 0.3 is 5.97 Å². The Morgan fingerprint density at radius 1 is 1.12 bits per heavy atom. The molecule has 0 aromatic carbocycles. The Bertz CT molecular complexity index is 1620. The first-order chi connectivity index (χ1) is 23.2. The van der Waals surface area contributed by atoms with Crippen LogP contribution in [0, 0.1) is 56.7 Å². The molecular formula is C38H63N5O6S. The number of hydrogen-bond donors (Lipinski definition) is 3. The van der Waals surface area contributed by atoms with E-state index in [0.29, 0.717) is 38.6 Å². The van der Waals surface area contributed by atoms with Crippen LogP contribution in [-0.2, 0) is 24.3 Å². The number of allylic oxidation sites excluding steroid dienone is 1. The van der Waals surface area contributed by atoms with Crippen LogP contribution in [0.2, 0.25) is 0 Å². The third kappa shape index (κ3) is 5.22. The number of aliphatic carboxylic acids is 1. The largest absolute Gasteiger partial charge is 0.481 e. The molecule has 5 N–H and O–H groups in total. The summed E-state index contributed by atoms with van der Waals surface area (Å²) in [6.45, 7) is 21.2. The van der Waals surface area contributed by atoms with Crippen molar-refractivity contribution in [1.29, 1.82) is 0 Å². The minimum Gasteiger partial charge on any atom is -0.481 e. The summed E-state index contributed by atoms with van der Waals surface area (Å²) in [6, 6.07) is -0.483. The van der Waals surface area contributed by atoms with Crippen LogP contribution in [0.1, 0.15) is 120 Å². The van der Waals surface area contributed by atoms with Crippen molar-refractivity contribution in [2.45, 2.75) is 137 Å². The highest BCUT2D eigenvalue weighted by Gasteiger charge is 2.72. The maximum atomic E-state index is 13.5. The predicted molar refractivity (Wildman–Crippen MR) is 191 cm³/mol. The van der Waals surface area contributed by atoms with Gasteiger partial charge < -0.3 is 20.3 Å². The lowest BCUT2D eigenvalue weighted by Crippen LogP contribution is -2.69. The van der Waals surface area contributed by atoms with Crippen LogP contribution in [-0.4, -0.2) is 65.7 Å². The Morgan fingerprint density at radius 3 is 2.40 bits per heavy atom. The molecule has 2 heterocycles. The van der Waals surface area contributed by atoms with Crippen LogP contribution >= 0.6 is 0 Å². The van der Waals surface area contributed by atoms with Gasteiger partial charge in [-0.05, 0) is 91.3 Å². The number of primary sulfonamides is 1. The van der Waals surface area contributed by atoms with Crippen molar-refractivity contribution in [2.75, 3.05) is 19.8 Å². The molecule has 0 unspecified atom stereocenters. The summed E-state index contributed by atoms with van der Waals surface area (Å²) in [5.74, 6) is -0.139. The van der Waals surface area contributed by atoms with Gasteiger partial charge in [-0.1, -0.05) is 74.0 Å². The van der Waals surface area contributed by atoms with Crippen LogP contribution in [0.5, 0.6) is 0 Å². The second-order valence-electron chi connectivity index (χ2n) is 18.5. The monoisotopic (exact) mass is 717 g/mol. The van der Waals surface area contributed by atoms with E-state index >= 15 is 0 Å². The zero-order valence-electron chi connectivity index (χ0n) is 31.9. The van der Waals surface area contributed by atoms with Gasteiger partial charge in [0.15, 0.2) is 0 Å². The predicted octanol–water partition coefficient (Wildman–Crippen LogP) is 5.96. The summed E-state index contributed by atoms with van der Waals surface area (Å²) in [5, 5.41) is 21.0. The molecule has 1 saturated heterocycles. The molecule has 6 rings (SSSR count).